The van der Waals surface area contributed by atoms with Crippen LogP contribution >= 0.6 is 0 Å². The number of amides is 5. The molecule has 3 aliphatic rings. The van der Waals surface area contributed by atoms with Gasteiger partial charge in [0, 0.05) is 51.7 Å². The predicted octanol–water partition coefficient (Wildman–Crippen LogP) is 0.685. The van der Waals surface area contributed by atoms with Gasteiger partial charge in [0.15, 0.2) is 5.60 Å². The second-order valence-electron chi connectivity index (χ2n) is 12.5. The van der Waals surface area contributed by atoms with Gasteiger partial charge in [0.2, 0.25) is 23.3 Å². The molecule has 2 aromatic carbocycles. The summed E-state index contributed by atoms with van der Waals surface area (Å²) < 4.78 is 13.5. The van der Waals surface area contributed by atoms with Crippen molar-refractivity contribution in [3.63, 3.8) is 0 Å². The highest BCUT2D eigenvalue weighted by atomic mass is 16.5. The first kappa shape index (κ1) is 35.6. The van der Waals surface area contributed by atoms with E-state index in [2.05, 4.69) is 21.3 Å². The largest absolute Gasteiger partial charge is 0.492 e. The standard InChI is InChI=1S/C36H42N6O8/c1-23-31(44)37-17-20-49-27-10-12-28(13-11-27)50-36(15-18-42(19-16-36)34(47)26-9-14-30(43)41(3)22-26)35(48)39-24(2)32(45)40-29(33(46)38-23)21-25-7-5-4-6-8-25/h4-14,22-24,29H,15-21H2,1-3H3,(H,37,44)(H,38,46)(H,39,48)(H,40,45)/t23-,24-,29-/m0/s1. The first-order valence-electron chi connectivity index (χ1n) is 16.6. The minimum atomic E-state index is -1.45. The third-order valence-corrected chi connectivity index (χ3v) is 8.82. The maximum atomic E-state index is 14.1. The number of pyridine rings is 1. The lowest BCUT2D eigenvalue weighted by atomic mass is 9.89. The molecular weight excluding hydrogens is 644 g/mol. The quantitative estimate of drug-likeness (QED) is 0.291. The van der Waals surface area contributed by atoms with Crippen molar-refractivity contribution in [3.8, 4) is 11.5 Å². The van der Waals surface area contributed by atoms with Crippen molar-refractivity contribution in [1.82, 2.24) is 30.7 Å². The van der Waals surface area contributed by atoms with Crippen LogP contribution in [-0.4, -0.2) is 89.0 Å². The molecule has 1 aromatic heterocycles. The monoisotopic (exact) mass is 686 g/mol. The Morgan fingerprint density at radius 1 is 0.800 bits per heavy atom. The Hall–Kier alpha value is -5.66. The summed E-state index contributed by atoms with van der Waals surface area (Å²) in [6.07, 6.45) is 1.84. The van der Waals surface area contributed by atoms with E-state index in [0.29, 0.717) is 17.1 Å². The van der Waals surface area contributed by atoms with Crippen LogP contribution in [0.2, 0.25) is 0 Å². The molecule has 14 nitrogen and oxygen atoms in total. The third-order valence-electron chi connectivity index (χ3n) is 8.82. The van der Waals surface area contributed by atoms with Crippen LogP contribution in [0.25, 0.3) is 0 Å². The van der Waals surface area contributed by atoms with Gasteiger partial charge < -0.3 is 40.2 Å². The maximum Gasteiger partial charge on any atom is 0.264 e. The molecule has 0 radical (unpaired) electrons. The number of piperidine rings is 1. The van der Waals surface area contributed by atoms with E-state index in [0.717, 1.165) is 5.56 Å². The van der Waals surface area contributed by atoms with Crippen LogP contribution in [0.5, 0.6) is 11.5 Å². The van der Waals surface area contributed by atoms with Crippen LogP contribution in [0.15, 0.2) is 77.7 Å². The summed E-state index contributed by atoms with van der Waals surface area (Å²) in [5.41, 5.74) is -0.562. The van der Waals surface area contributed by atoms with E-state index in [-0.39, 0.29) is 57.0 Å². The number of carbonyl (C=O) groups is 5. The molecule has 1 fully saturated rings. The Morgan fingerprint density at radius 3 is 2.14 bits per heavy atom. The zero-order chi connectivity index (χ0) is 35.8. The van der Waals surface area contributed by atoms with E-state index in [1.165, 1.54) is 29.8 Å². The molecule has 1 saturated heterocycles. The van der Waals surface area contributed by atoms with E-state index >= 15 is 0 Å². The van der Waals surface area contributed by atoms with Crippen LogP contribution in [0, 0.1) is 0 Å². The van der Waals surface area contributed by atoms with Crippen molar-refractivity contribution in [3.05, 3.63) is 94.4 Å². The number of fused-ring (bicyclic) bond motifs is 15. The van der Waals surface area contributed by atoms with Crippen LogP contribution in [0.4, 0.5) is 0 Å². The summed E-state index contributed by atoms with van der Waals surface area (Å²) in [6.45, 7) is 3.72. The number of rotatable bonds is 3. The summed E-state index contributed by atoms with van der Waals surface area (Å²) in [6, 6.07) is 15.5. The van der Waals surface area contributed by atoms with Gasteiger partial charge in [-0.25, -0.2) is 0 Å². The minimum absolute atomic E-state index is 0.111. The van der Waals surface area contributed by atoms with E-state index in [4.69, 9.17) is 9.47 Å². The van der Waals surface area contributed by atoms with E-state index in [1.807, 2.05) is 30.3 Å². The van der Waals surface area contributed by atoms with Crippen LogP contribution in [0.3, 0.4) is 0 Å². The molecule has 4 heterocycles. The van der Waals surface area contributed by atoms with Crippen molar-refractivity contribution in [2.75, 3.05) is 26.2 Å². The Balaban J connectivity index is 1.39. The molecule has 0 aliphatic carbocycles. The number of aryl methyl sites for hydroxylation is 1. The smallest absolute Gasteiger partial charge is 0.264 e. The van der Waals surface area contributed by atoms with Crippen molar-refractivity contribution in [2.45, 2.75) is 56.8 Å². The molecule has 3 aliphatic heterocycles. The summed E-state index contributed by atoms with van der Waals surface area (Å²) in [7, 11) is 1.57. The predicted molar refractivity (Wildman–Crippen MR) is 182 cm³/mol. The Kier molecular flexibility index (Phi) is 11.2. The normalized spacial score (nSPS) is 21.9. The lowest BCUT2D eigenvalue weighted by Gasteiger charge is -2.41. The van der Waals surface area contributed by atoms with Crippen molar-refractivity contribution < 1.29 is 33.4 Å². The number of nitrogens with zero attached hydrogens (tertiary/aromatic N) is 2. The number of carbonyl (C=O) groups excluding carboxylic acids is 5. The lowest BCUT2D eigenvalue weighted by Crippen LogP contribution is -2.61. The van der Waals surface area contributed by atoms with Gasteiger partial charge in [-0.2, -0.15) is 0 Å². The summed E-state index contributed by atoms with van der Waals surface area (Å²) >= 11 is 0. The second kappa shape index (κ2) is 15.7. The molecule has 264 valence electrons. The van der Waals surface area contributed by atoms with Gasteiger partial charge in [-0.05, 0) is 49.7 Å². The average molecular weight is 687 g/mol. The van der Waals surface area contributed by atoms with Gasteiger partial charge in [0.05, 0.1) is 12.1 Å². The Bertz CT molecular complexity index is 1770. The van der Waals surface area contributed by atoms with Gasteiger partial charge in [0.1, 0.15) is 36.2 Å². The SMILES string of the molecule is C[C@@H]1NC(=O)[C@H](Cc2ccccc2)NC(=O)[C@H](C)NC(=O)C2(CCN(C(=O)c3ccc(=O)n(C)c3)CC2)Oc2ccc(cc2)OCCNC1=O. The summed E-state index contributed by atoms with van der Waals surface area (Å²) in [5, 5.41) is 10.9. The zero-order valence-electron chi connectivity index (χ0n) is 28.3. The Labute approximate surface area is 289 Å². The molecule has 50 heavy (non-hydrogen) atoms. The van der Waals surface area contributed by atoms with Gasteiger partial charge in [0.25, 0.3) is 11.8 Å². The van der Waals surface area contributed by atoms with Gasteiger partial charge in [-0.1, -0.05) is 30.3 Å². The number of hydrogen-bond acceptors (Lipinski definition) is 8. The molecule has 1 spiro atoms. The minimum Gasteiger partial charge on any atom is -0.492 e. The van der Waals surface area contributed by atoms with Gasteiger partial charge in [-0.3, -0.25) is 28.8 Å². The molecular formula is C36H42N6O8. The van der Waals surface area contributed by atoms with Gasteiger partial charge >= 0.3 is 0 Å². The third kappa shape index (κ3) is 8.67. The molecule has 14 heteroatoms. The molecule has 0 saturated carbocycles. The highest BCUT2D eigenvalue weighted by molar-refractivity contribution is 5.96. The van der Waals surface area contributed by atoms with E-state index in [1.54, 1.807) is 43.1 Å². The molecule has 3 aromatic rings. The number of likely N-dealkylation sites (tertiary alicyclic amines) is 1. The zero-order valence-corrected chi connectivity index (χ0v) is 28.3. The fraction of sp³-hybridized carbons (Fsp3) is 0.389. The molecule has 2 bridgehead atoms. The lowest BCUT2D eigenvalue weighted by molar-refractivity contribution is -0.143. The fourth-order valence-corrected chi connectivity index (χ4v) is 5.80. The van der Waals surface area contributed by atoms with Gasteiger partial charge in [-0.15, -0.1) is 0 Å². The highest BCUT2D eigenvalue weighted by Gasteiger charge is 2.46. The van der Waals surface area contributed by atoms with Crippen molar-refractivity contribution >= 4 is 29.5 Å². The van der Waals surface area contributed by atoms with Crippen LogP contribution < -0.4 is 36.3 Å². The first-order valence-corrected chi connectivity index (χ1v) is 16.6. The molecule has 4 N–H and O–H groups in total. The van der Waals surface area contributed by atoms with Crippen molar-refractivity contribution in [1.29, 1.82) is 0 Å². The van der Waals surface area contributed by atoms with E-state index < -0.39 is 47.4 Å². The van der Waals surface area contributed by atoms with Crippen LogP contribution in [0.1, 0.15) is 42.6 Å². The van der Waals surface area contributed by atoms with Crippen LogP contribution in [-0.2, 0) is 32.6 Å². The molecule has 6 rings (SSSR count). The molecule has 3 atom stereocenters. The second-order valence-corrected chi connectivity index (χ2v) is 12.5. The average Bonchev–Trinajstić information content (AvgIpc) is 3.11. The number of benzene rings is 2. The number of aromatic nitrogens is 1. The maximum absolute atomic E-state index is 14.1. The topological polar surface area (TPSA) is 177 Å². The number of hydrogen-bond donors (Lipinski definition) is 4. The first-order chi connectivity index (χ1) is 23.9. The fourth-order valence-electron chi connectivity index (χ4n) is 5.80. The molecule has 0 unspecified atom stereocenters. The van der Waals surface area contributed by atoms with E-state index in [9.17, 15) is 28.8 Å². The summed E-state index contributed by atoms with van der Waals surface area (Å²) in [4.78, 5) is 80.5. The number of nitrogens with one attached hydrogen (secondary N) is 4. The molecule has 5 amide bonds. The Morgan fingerprint density at radius 2 is 1.46 bits per heavy atom. The highest BCUT2D eigenvalue weighted by Crippen LogP contribution is 2.31. The summed E-state index contributed by atoms with van der Waals surface area (Å²) in [5.74, 6) is -1.56. The number of ether oxygens (including phenoxy) is 2. The van der Waals surface area contributed by atoms with Crippen molar-refractivity contribution in [2.24, 2.45) is 7.05 Å².